The maximum absolute atomic E-state index is 11.6. The lowest BCUT2D eigenvalue weighted by atomic mass is 10.0. The molecule has 0 atom stereocenters. The van der Waals surface area contributed by atoms with E-state index in [1.807, 2.05) is 0 Å². The summed E-state index contributed by atoms with van der Waals surface area (Å²) < 4.78 is 1.79. The van der Waals surface area contributed by atoms with Crippen molar-refractivity contribution < 1.29 is 4.79 Å². The number of nitrogens with one attached hydrogen (secondary N) is 1. The van der Waals surface area contributed by atoms with Crippen LogP contribution in [0.2, 0.25) is 0 Å². The molecule has 1 N–H and O–H groups in total. The first-order chi connectivity index (χ1) is 6.86. The fourth-order valence-corrected chi connectivity index (χ4v) is 2.36. The van der Waals surface area contributed by atoms with Crippen molar-refractivity contribution in [2.24, 2.45) is 0 Å². The summed E-state index contributed by atoms with van der Waals surface area (Å²) in [5.41, 5.74) is 2.31. The average molecular weight is 191 g/mol. The molecule has 0 radical (unpaired) electrons. The molecule has 0 fully saturated rings. The van der Waals surface area contributed by atoms with E-state index < -0.39 is 0 Å². The van der Waals surface area contributed by atoms with Gasteiger partial charge in [-0.15, -0.1) is 0 Å². The first-order valence-corrected chi connectivity index (χ1v) is 5.24. The molecule has 2 aliphatic rings. The van der Waals surface area contributed by atoms with Crippen LogP contribution < -0.4 is 5.32 Å². The molecule has 14 heavy (non-hydrogen) atoms. The van der Waals surface area contributed by atoms with Crippen molar-refractivity contribution in [1.82, 2.24) is 14.9 Å². The summed E-state index contributed by atoms with van der Waals surface area (Å²) in [5, 5.41) is 2.86. The van der Waals surface area contributed by atoms with Crippen LogP contribution in [0.3, 0.4) is 0 Å². The Morgan fingerprint density at radius 3 is 3.00 bits per heavy atom. The molecule has 4 nitrogen and oxygen atoms in total. The first kappa shape index (κ1) is 8.03. The number of aromatic nitrogens is 2. The van der Waals surface area contributed by atoms with Crippen molar-refractivity contribution in [3.8, 4) is 0 Å². The molecule has 1 aliphatic carbocycles. The zero-order chi connectivity index (χ0) is 9.54. The van der Waals surface area contributed by atoms with Gasteiger partial charge in [0.15, 0.2) is 0 Å². The molecule has 74 valence electrons. The standard InChI is InChI=1S/C10H13N3O/c14-10-11-6-5-9-12-7-3-1-2-4-8(7)13(9)10/h1-6H2,(H,11,14). The van der Waals surface area contributed by atoms with Gasteiger partial charge in [-0.1, -0.05) is 0 Å². The van der Waals surface area contributed by atoms with Gasteiger partial charge in [-0.25, -0.2) is 9.78 Å². The molecule has 0 spiro atoms. The van der Waals surface area contributed by atoms with Gasteiger partial charge in [-0.3, -0.25) is 4.57 Å². The minimum atomic E-state index is 0.0156. The first-order valence-electron chi connectivity index (χ1n) is 5.24. The van der Waals surface area contributed by atoms with Gasteiger partial charge in [-0.2, -0.15) is 0 Å². The topological polar surface area (TPSA) is 46.9 Å². The van der Waals surface area contributed by atoms with Crippen molar-refractivity contribution in [3.63, 3.8) is 0 Å². The van der Waals surface area contributed by atoms with Crippen LogP contribution in [0.1, 0.15) is 30.1 Å². The van der Waals surface area contributed by atoms with E-state index in [0.29, 0.717) is 0 Å². The van der Waals surface area contributed by atoms with E-state index in [2.05, 4.69) is 10.3 Å². The van der Waals surface area contributed by atoms with Gasteiger partial charge < -0.3 is 5.32 Å². The van der Waals surface area contributed by atoms with E-state index >= 15 is 0 Å². The minimum absolute atomic E-state index is 0.0156. The van der Waals surface area contributed by atoms with Gasteiger partial charge in [0, 0.05) is 13.0 Å². The number of imidazole rings is 1. The van der Waals surface area contributed by atoms with Gasteiger partial charge in [-0.05, 0) is 25.7 Å². The predicted molar refractivity (Wildman–Crippen MR) is 51.4 cm³/mol. The van der Waals surface area contributed by atoms with E-state index in [9.17, 15) is 4.79 Å². The highest BCUT2D eigenvalue weighted by atomic mass is 16.2. The average Bonchev–Trinajstić information content (AvgIpc) is 2.57. The second-order valence-electron chi connectivity index (χ2n) is 3.95. The summed E-state index contributed by atoms with van der Waals surface area (Å²) in [7, 11) is 0. The number of rotatable bonds is 0. The maximum atomic E-state index is 11.6. The quantitative estimate of drug-likeness (QED) is 0.661. The van der Waals surface area contributed by atoms with E-state index in [1.54, 1.807) is 4.57 Å². The van der Waals surface area contributed by atoms with E-state index in [1.165, 1.54) is 12.8 Å². The maximum Gasteiger partial charge on any atom is 0.327 e. The highest BCUT2D eigenvalue weighted by Gasteiger charge is 2.25. The molecule has 0 aromatic carbocycles. The van der Waals surface area contributed by atoms with Gasteiger partial charge in [0.25, 0.3) is 0 Å². The Bertz CT molecular complexity index is 394. The summed E-state index contributed by atoms with van der Waals surface area (Å²) in [5.74, 6) is 0.959. The summed E-state index contributed by atoms with van der Waals surface area (Å²) in [6.07, 6.45) is 5.33. The van der Waals surface area contributed by atoms with E-state index in [0.717, 1.165) is 43.0 Å². The van der Waals surface area contributed by atoms with Crippen molar-refractivity contribution >= 4 is 6.03 Å². The van der Waals surface area contributed by atoms with Crippen LogP contribution in [0, 0.1) is 0 Å². The van der Waals surface area contributed by atoms with Crippen molar-refractivity contribution in [2.75, 3.05) is 6.54 Å². The Hall–Kier alpha value is -1.32. The molecule has 0 unspecified atom stereocenters. The minimum Gasteiger partial charge on any atom is -0.337 e. The zero-order valence-corrected chi connectivity index (χ0v) is 8.05. The number of nitrogens with zero attached hydrogens (tertiary/aromatic N) is 2. The number of fused-ring (bicyclic) bond motifs is 3. The van der Waals surface area contributed by atoms with Crippen molar-refractivity contribution in [2.45, 2.75) is 32.1 Å². The Labute approximate surface area is 82.3 Å². The molecule has 1 aromatic rings. The van der Waals surface area contributed by atoms with Crippen molar-refractivity contribution in [1.29, 1.82) is 0 Å². The molecule has 3 rings (SSSR count). The summed E-state index contributed by atoms with van der Waals surface area (Å²) in [6.45, 7) is 0.731. The van der Waals surface area contributed by atoms with Gasteiger partial charge in [0.05, 0.1) is 11.4 Å². The summed E-state index contributed by atoms with van der Waals surface area (Å²) in [6, 6.07) is 0.0156. The highest BCUT2D eigenvalue weighted by Crippen LogP contribution is 2.23. The molecule has 0 saturated heterocycles. The zero-order valence-electron chi connectivity index (χ0n) is 8.05. The fraction of sp³-hybridized carbons (Fsp3) is 0.600. The summed E-state index contributed by atoms with van der Waals surface area (Å²) in [4.78, 5) is 16.2. The van der Waals surface area contributed by atoms with Crippen LogP contribution >= 0.6 is 0 Å². The molecular weight excluding hydrogens is 178 g/mol. The van der Waals surface area contributed by atoms with Crippen molar-refractivity contribution in [3.05, 3.63) is 17.2 Å². The molecule has 1 aromatic heterocycles. The Balaban J connectivity index is 2.16. The number of carbonyl (C=O) groups excluding carboxylic acids is 1. The number of amides is 1. The predicted octanol–water partition coefficient (Wildman–Crippen LogP) is 0.876. The van der Waals surface area contributed by atoms with E-state index in [4.69, 9.17) is 0 Å². The van der Waals surface area contributed by atoms with Gasteiger partial charge in [0.2, 0.25) is 0 Å². The SMILES string of the molecule is O=C1NCCc2nc3c(n21)CCCC3. The molecule has 1 amide bonds. The number of carbonyl (C=O) groups is 1. The van der Waals surface area contributed by atoms with Crippen LogP contribution in [-0.2, 0) is 19.3 Å². The largest absolute Gasteiger partial charge is 0.337 e. The summed E-state index contributed by atoms with van der Waals surface area (Å²) >= 11 is 0. The smallest absolute Gasteiger partial charge is 0.327 e. The number of hydrogen-bond donors (Lipinski definition) is 1. The lowest BCUT2D eigenvalue weighted by Gasteiger charge is -2.17. The normalized spacial score (nSPS) is 19.9. The molecule has 1 aliphatic heterocycles. The lowest BCUT2D eigenvalue weighted by Crippen LogP contribution is -2.37. The third kappa shape index (κ3) is 0.997. The van der Waals surface area contributed by atoms with Crippen LogP contribution in [0.5, 0.6) is 0 Å². The van der Waals surface area contributed by atoms with Crippen LogP contribution in [0.4, 0.5) is 4.79 Å². The molecule has 0 saturated carbocycles. The Morgan fingerprint density at radius 2 is 2.07 bits per heavy atom. The second-order valence-corrected chi connectivity index (χ2v) is 3.95. The molecule has 4 heteroatoms. The molecule has 0 bridgehead atoms. The lowest BCUT2D eigenvalue weighted by molar-refractivity contribution is 0.238. The van der Waals surface area contributed by atoms with E-state index in [-0.39, 0.29) is 6.03 Å². The van der Waals surface area contributed by atoms with Crippen LogP contribution in [0.15, 0.2) is 0 Å². The third-order valence-corrected chi connectivity index (χ3v) is 3.03. The molecule has 2 heterocycles. The molecular formula is C10H13N3O. The number of aryl methyl sites for hydroxylation is 1. The Morgan fingerprint density at radius 1 is 1.21 bits per heavy atom. The van der Waals surface area contributed by atoms with Crippen LogP contribution in [0.25, 0.3) is 0 Å². The number of hydrogen-bond acceptors (Lipinski definition) is 2. The van der Waals surface area contributed by atoms with Crippen LogP contribution in [-0.4, -0.2) is 22.1 Å². The third-order valence-electron chi connectivity index (χ3n) is 3.03. The highest BCUT2D eigenvalue weighted by molar-refractivity contribution is 5.79. The Kier molecular flexibility index (Phi) is 1.63. The second kappa shape index (κ2) is 2.83. The van der Waals surface area contributed by atoms with Gasteiger partial charge in [0.1, 0.15) is 5.82 Å². The van der Waals surface area contributed by atoms with Gasteiger partial charge >= 0.3 is 6.03 Å². The monoisotopic (exact) mass is 191 g/mol. The fourth-order valence-electron chi connectivity index (χ4n) is 2.36.